The number of carbonyl (C=O) groups excluding carboxylic acids is 1. The fourth-order valence-electron chi connectivity index (χ4n) is 4.69. The number of carbonyl (C=O) groups is 1. The van der Waals surface area contributed by atoms with E-state index in [1.54, 1.807) is 14.2 Å². The summed E-state index contributed by atoms with van der Waals surface area (Å²) in [6, 6.07) is 15.1. The van der Waals surface area contributed by atoms with Gasteiger partial charge < -0.3 is 24.0 Å². The smallest absolute Gasteiger partial charge is 0.229 e. The highest BCUT2D eigenvalue weighted by atomic mass is 16.5. The number of fused-ring (bicyclic) bond motifs is 1. The lowest BCUT2D eigenvalue weighted by atomic mass is 10.0. The van der Waals surface area contributed by atoms with Crippen molar-refractivity contribution in [2.24, 2.45) is 0 Å². The molecule has 1 amide bonds. The SMILES string of the molecule is COc1ccc(CC(=O)N2CCc3nc(N4CCCCC4)nc(Oc4ccc(OC)cc4)c3C2)cc1. The Labute approximate surface area is 211 Å². The summed E-state index contributed by atoms with van der Waals surface area (Å²) in [6.45, 7) is 2.96. The van der Waals surface area contributed by atoms with Crippen LogP contribution in [0.3, 0.4) is 0 Å². The van der Waals surface area contributed by atoms with Crippen LogP contribution in [-0.4, -0.2) is 54.6 Å². The van der Waals surface area contributed by atoms with E-state index in [-0.39, 0.29) is 5.91 Å². The molecule has 8 heteroatoms. The van der Waals surface area contributed by atoms with Gasteiger partial charge in [-0.1, -0.05) is 12.1 Å². The Morgan fingerprint density at radius 2 is 1.47 bits per heavy atom. The number of rotatable bonds is 7. The highest BCUT2D eigenvalue weighted by Crippen LogP contribution is 2.33. The maximum Gasteiger partial charge on any atom is 0.229 e. The number of hydrogen-bond acceptors (Lipinski definition) is 7. The van der Waals surface area contributed by atoms with Gasteiger partial charge in [-0.2, -0.15) is 4.98 Å². The molecule has 2 aliphatic rings. The van der Waals surface area contributed by atoms with Crippen molar-refractivity contribution in [2.45, 2.75) is 38.6 Å². The number of methoxy groups -OCH3 is 2. The summed E-state index contributed by atoms with van der Waals surface area (Å²) in [7, 11) is 3.27. The first kappa shape index (κ1) is 23.9. The standard InChI is InChI=1S/C28H32N4O4/c1-34-21-8-6-20(7-9-21)18-26(33)32-17-14-25-24(19-32)27(36-23-12-10-22(35-2)11-13-23)30-28(29-25)31-15-4-3-5-16-31/h6-13H,3-5,14-19H2,1-2H3. The number of anilines is 1. The van der Waals surface area contributed by atoms with Crippen LogP contribution in [0.2, 0.25) is 0 Å². The van der Waals surface area contributed by atoms with E-state index in [1.165, 1.54) is 6.42 Å². The average Bonchev–Trinajstić information content (AvgIpc) is 2.94. The van der Waals surface area contributed by atoms with Gasteiger partial charge in [0.25, 0.3) is 0 Å². The predicted octanol–water partition coefficient (Wildman–Crippen LogP) is 4.40. The summed E-state index contributed by atoms with van der Waals surface area (Å²) < 4.78 is 16.8. The van der Waals surface area contributed by atoms with Gasteiger partial charge in [-0.3, -0.25) is 4.79 Å². The second-order valence-electron chi connectivity index (χ2n) is 9.17. The van der Waals surface area contributed by atoms with E-state index >= 15 is 0 Å². The molecule has 0 atom stereocenters. The third-order valence-corrected chi connectivity index (χ3v) is 6.79. The molecule has 0 saturated carbocycles. The Kier molecular flexibility index (Phi) is 7.21. The minimum atomic E-state index is 0.0707. The van der Waals surface area contributed by atoms with Crippen molar-refractivity contribution < 1.29 is 19.0 Å². The molecule has 1 fully saturated rings. The summed E-state index contributed by atoms with van der Waals surface area (Å²) in [4.78, 5) is 27.1. The van der Waals surface area contributed by atoms with Gasteiger partial charge >= 0.3 is 0 Å². The zero-order valence-electron chi connectivity index (χ0n) is 20.9. The van der Waals surface area contributed by atoms with Crippen molar-refractivity contribution in [1.29, 1.82) is 0 Å². The quantitative estimate of drug-likeness (QED) is 0.488. The topological polar surface area (TPSA) is 77.0 Å². The van der Waals surface area contributed by atoms with E-state index in [0.717, 1.165) is 60.2 Å². The Morgan fingerprint density at radius 1 is 0.833 bits per heavy atom. The van der Waals surface area contributed by atoms with Crippen LogP contribution < -0.4 is 19.1 Å². The zero-order chi connectivity index (χ0) is 24.9. The molecule has 0 spiro atoms. The highest BCUT2D eigenvalue weighted by molar-refractivity contribution is 5.79. The van der Waals surface area contributed by atoms with Crippen LogP contribution in [0.1, 0.15) is 36.1 Å². The Morgan fingerprint density at radius 3 is 2.14 bits per heavy atom. The maximum absolute atomic E-state index is 13.2. The minimum Gasteiger partial charge on any atom is -0.497 e. The molecule has 2 aliphatic heterocycles. The summed E-state index contributed by atoms with van der Waals surface area (Å²) in [5, 5.41) is 0. The third-order valence-electron chi connectivity index (χ3n) is 6.79. The Bertz CT molecular complexity index is 1190. The van der Waals surface area contributed by atoms with Crippen LogP contribution in [0.5, 0.6) is 23.1 Å². The van der Waals surface area contributed by atoms with Crippen LogP contribution in [0.25, 0.3) is 0 Å². The molecule has 0 radical (unpaired) electrons. The molecule has 5 rings (SSSR count). The molecule has 2 aromatic carbocycles. The fourth-order valence-corrected chi connectivity index (χ4v) is 4.69. The van der Waals surface area contributed by atoms with Gasteiger partial charge in [-0.25, -0.2) is 4.98 Å². The Balaban J connectivity index is 1.39. The van der Waals surface area contributed by atoms with Crippen LogP contribution in [0.15, 0.2) is 48.5 Å². The largest absolute Gasteiger partial charge is 0.497 e. The van der Waals surface area contributed by atoms with Crippen LogP contribution in [0.4, 0.5) is 5.95 Å². The maximum atomic E-state index is 13.2. The lowest BCUT2D eigenvalue weighted by Crippen LogP contribution is -2.38. The van der Waals surface area contributed by atoms with Crippen LogP contribution in [0, 0.1) is 0 Å². The van der Waals surface area contributed by atoms with Gasteiger partial charge in [0.05, 0.1) is 38.4 Å². The van der Waals surface area contributed by atoms with Crippen molar-refractivity contribution in [3.8, 4) is 23.1 Å². The summed E-state index contributed by atoms with van der Waals surface area (Å²) in [5.41, 5.74) is 2.79. The molecule has 0 unspecified atom stereocenters. The van der Waals surface area contributed by atoms with E-state index in [1.807, 2.05) is 53.4 Å². The first-order chi connectivity index (χ1) is 17.6. The zero-order valence-corrected chi connectivity index (χ0v) is 20.9. The lowest BCUT2D eigenvalue weighted by Gasteiger charge is -2.32. The number of amides is 1. The Hall–Kier alpha value is -3.81. The van der Waals surface area contributed by atoms with Gasteiger partial charge in [-0.05, 0) is 61.2 Å². The number of aromatic nitrogens is 2. The molecule has 3 aromatic rings. The van der Waals surface area contributed by atoms with Crippen LogP contribution >= 0.6 is 0 Å². The average molecular weight is 489 g/mol. The molecule has 188 valence electrons. The van der Waals surface area contributed by atoms with Crippen molar-refractivity contribution in [3.63, 3.8) is 0 Å². The third kappa shape index (κ3) is 5.37. The molecule has 1 aromatic heterocycles. The van der Waals surface area contributed by atoms with E-state index in [2.05, 4.69) is 4.90 Å². The normalized spacial score (nSPS) is 15.3. The molecule has 8 nitrogen and oxygen atoms in total. The molecular formula is C28H32N4O4. The van der Waals surface area contributed by atoms with Gasteiger partial charge in [-0.15, -0.1) is 0 Å². The van der Waals surface area contributed by atoms with E-state index in [4.69, 9.17) is 24.2 Å². The van der Waals surface area contributed by atoms with E-state index in [9.17, 15) is 4.79 Å². The van der Waals surface area contributed by atoms with Crippen molar-refractivity contribution in [2.75, 3.05) is 38.8 Å². The molecule has 0 bridgehead atoms. The minimum absolute atomic E-state index is 0.0707. The van der Waals surface area contributed by atoms with E-state index < -0.39 is 0 Å². The monoisotopic (exact) mass is 488 g/mol. The van der Waals surface area contributed by atoms with E-state index in [0.29, 0.717) is 37.6 Å². The first-order valence-corrected chi connectivity index (χ1v) is 12.5. The predicted molar refractivity (Wildman–Crippen MR) is 137 cm³/mol. The summed E-state index contributed by atoms with van der Waals surface area (Å²) in [5.74, 6) is 3.52. The number of hydrogen-bond donors (Lipinski definition) is 0. The molecule has 1 saturated heterocycles. The van der Waals surface area contributed by atoms with Crippen molar-refractivity contribution >= 4 is 11.9 Å². The molecule has 3 heterocycles. The molecular weight excluding hydrogens is 456 g/mol. The number of piperidine rings is 1. The summed E-state index contributed by atoms with van der Waals surface area (Å²) >= 11 is 0. The molecule has 36 heavy (non-hydrogen) atoms. The number of ether oxygens (including phenoxy) is 3. The molecule has 0 N–H and O–H groups in total. The number of benzene rings is 2. The van der Waals surface area contributed by atoms with Gasteiger partial charge in [0.1, 0.15) is 17.2 Å². The van der Waals surface area contributed by atoms with Crippen molar-refractivity contribution in [3.05, 3.63) is 65.4 Å². The molecule has 0 aliphatic carbocycles. The second-order valence-corrected chi connectivity index (χ2v) is 9.17. The lowest BCUT2D eigenvalue weighted by molar-refractivity contribution is -0.131. The summed E-state index contributed by atoms with van der Waals surface area (Å²) in [6.07, 6.45) is 4.53. The highest BCUT2D eigenvalue weighted by Gasteiger charge is 2.28. The number of nitrogens with zero attached hydrogens (tertiary/aromatic N) is 4. The first-order valence-electron chi connectivity index (χ1n) is 12.5. The van der Waals surface area contributed by atoms with Gasteiger partial charge in [0.15, 0.2) is 0 Å². The van der Waals surface area contributed by atoms with Gasteiger partial charge in [0, 0.05) is 26.1 Å². The van der Waals surface area contributed by atoms with Crippen LogP contribution in [-0.2, 0) is 24.2 Å². The second kappa shape index (κ2) is 10.8. The van der Waals surface area contributed by atoms with Gasteiger partial charge in [0.2, 0.25) is 17.7 Å². The fraction of sp³-hybridized carbons (Fsp3) is 0.393. The van der Waals surface area contributed by atoms with Crippen molar-refractivity contribution in [1.82, 2.24) is 14.9 Å².